The molecule has 4 heteroatoms. The molecule has 0 radical (unpaired) electrons. The molecule has 2 unspecified atom stereocenters. The van der Waals surface area contributed by atoms with Crippen LogP contribution in [-0.2, 0) is 0 Å². The summed E-state index contributed by atoms with van der Waals surface area (Å²) in [6.45, 7) is 3.71. The Bertz CT molecular complexity index is 137. The molecule has 0 aromatic rings. The maximum Gasteiger partial charge on any atom is 0.136 e. The SMILES string of the molecule is CCCCC(Cl)CC(C)(O)C(Cl)Cl. The molecule has 0 saturated heterocycles. The monoisotopic (exact) mass is 246 g/mol. The van der Waals surface area contributed by atoms with E-state index >= 15 is 0 Å². The standard InChI is InChI=1S/C9H17Cl3O/c1-3-4-5-7(10)6-9(2,13)8(11)12/h7-8,13H,3-6H2,1-2H3. The Morgan fingerprint density at radius 1 is 1.31 bits per heavy atom. The van der Waals surface area contributed by atoms with Crippen LogP contribution in [0.2, 0.25) is 0 Å². The van der Waals surface area contributed by atoms with Gasteiger partial charge in [0.15, 0.2) is 0 Å². The van der Waals surface area contributed by atoms with E-state index in [2.05, 4.69) is 6.92 Å². The third-order valence-corrected chi connectivity index (χ3v) is 3.29. The van der Waals surface area contributed by atoms with Crippen LogP contribution in [0.5, 0.6) is 0 Å². The van der Waals surface area contributed by atoms with Gasteiger partial charge in [0.05, 0.1) is 5.60 Å². The normalized spacial score (nSPS) is 18.7. The Kier molecular flexibility index (Phi) is 6.74. The van der Waals surface area contributed by atoms with Crippen LogP contribution < -0.4 is 0 Å². The highest BCUT2D eigenvalue weighted by Gasteiger charge is 2.30. The average molecular weight is 248 g/mol. The number of unbranched alkanes of at least 4 members (excludes halogenated alkanes) is 1. The Hall–Kier alpha value is 0.830. The second-order valence-electron chi connectivity index (χ2n) is 3.60. The molecule has 1 nitrogen and oxygen atoms in total. The van der Waals surface area contributed by atoms with Crippen molar-refractivity contribution < 1.29 is 5.11 Å². The van der Waals surface area contributed by atoms with Gasteiger partial charge in [0.25, 0.3) is 0 Å². The van der Waals surface area contributed by atoms with Gasteiger partial charge in [-0.2, -0.15) is 0 Å². The van der Waals surface area contributed by atoms with Crippen molar-refractivity contribution >= 4 is 34.8 Å². The van der Waals surface area contributed by atoms with Crippen molar-refractivity contribution in [1.82, 2.24) is 0 Å². The van der Waals surface area contributed by atoms with Gasteiger partial charge in [-0.1, -0.05) is 19.8 Å². The summed E-state index contributed by atoms with van der Waals surface area (Å²) in [6.07, 6.45) is 3.51. The molecule has 0 rings (SSSR count). The molecule has 0 aromatic heterocycles. The van der Waals surface area contributed by atoms with Gasteiger partial charge >= 0.3 is 0 Å². The predicted molar refractivity (Wildman–Crippen MR) is 59.9 cm³/mol. The van der Waals surface area contributed by atoms with Crippen molar-refractivity contribution in [3.05, 3.63) is 0 Å². The van der Waals surface area contributed by atoms with Crippen LogP contribution in [0.4, 0.5) is 0 Å². The van der Waals surface area contributed by atoms with Crippen LogP contribution in [0, 0.1) is 0 Å². The molecule has 2 atom stereocenters. The Balaban J connectivity index is 3.82. The minimum Gasteiger partial charge on any atom is -0.387 e. The average Bonchev–Trinajstić information content (AvgIpc) is 1.99. The first-order valence-electron chi connectivity index (χ1n) is 4.54. The summed E-state index contributed by atoms with van der Waals surface area (Å²) < 4.78 is 0. The van der Waals surface area contributed by atoms with E-state index in [0.717, 1.165) is 19.3 Å². The smallest absolute Gasteiger partial charge is 0.136 e. The first-order valence-corrected chi connectivity index (χ1v) is 5.85. The Labute approximate surface area is 95.4 Å². The zero-order valence-electron chi connectivity index (χ0n) is 8.06. The van der Waals surface area contributed by atoms with E-state index in [-0.39, 0.29) is 5.38 Å². The summed E-state index contributed by atoms with van der Waals surface area (Å²) in [5, 5.41) is 9.67. The van der Waals surface area contributed by atoms with E-state index in [1.165, 1.54) is 0 Å². The molecule has 0 spiro atoms. The minimum atomic E-state index is -1.08. The van der Waals surface area contributed by atoms with E-state index < -0.39 is 10.4 Å². The lowest BCUT2D eigenvalue weighted by Gasteiger charge is -2.26. The molecule has 0 aliphatic heterocycles. The van der Waals surface area contributed by atoms with Gasteiger partial charge in [0.1, 0.15) is 4.84 Å². The molecule has 0 fully saturated rings. The first kappa shape index (κ1) is 13.8. The zero-order valence-corrected chi connectivity index (χ0v) is 10.3. The molecule has 0 aliphatic carbocycles. The second kappa shape index (κ2) is 6.34. The maximum absolute atomic E-state index is 9.71. The number of hydrogen-bond acceptors (Lipinski definition) is 1. The molecule has 80 valence electrons. The summed E-state index contributed by atoms with van der Waals surface area (Å²) in [6, 6.07) is 0. The number of rotatable bonds is 6. The summed E-state index contributed by atoms with van der Waals surface area (Å²) >= 11 is 17.2. The molecule has 0 saturated carbocycles. The summed E-state index contributed by atoms with van der Waals surface area (Å²) in [7, 11) is 0. The number of aliphatic hydroxyl groups is 1. The van der Waals surface area contributed by atoms with Crippen molar-refractivity contribution in [3.8, 4) is 0 Å². The molecule has 0 heterocycles. The van der Waals surface area contributed by atoms with E-state index in [1.807, 2.05) is 0 Å². The van der Waals surface area contributed by atoms with Gasteiger partial charge < -0.3 is 5.11 Å². The lowest BCUT2D eigenvalue weighted by Crippen LogP contribution is -2.34. The number of hydrogen-bond donors (Lipinski definition) is 1. The topological polar surface area (TPSA) is 20.2 Å². The highest BCUT2D eigenvalue weighted by Crippen LogP contribution is 2.28. The molecular weight excluding hydrogens is 230 g/mol. The quantitative estimate of drug-likeness (QED) is 0.709. The molecule has 0 bridgehead atoms. The Morgan fingerprint density at radius 3 is 2.23 bits per heavy atom. The zero-order chi connectivity index (χ0) is 10.5. The third-order valence-electron chi connectivity index (χ3n) is 1.98. The fourth-order valence-corrected chi connectivity index (χ4v) is 1.71. The number of alkyl halides is 3. The van der Waals surface area contributed by atoms with Crippen LogP contribution in [-0.4, -0.2) is 20.9 Å². The van der Waals surface area contributed by atoms with Crippen LogP contribution in [0.3, 0.4) is 0 Å². The summed E-state index contributed by atoms with van der Waals surface area (Å²) in [5.74, 6) is 0. The van der Waals surface area contributed by atoms with Crippen molar-refractivity contribution in [2.75, 3.05) is 0 Å². The fourth-order valence-electron chi connectivity index (χ4n) is 1.07. The highest BCUT2D eigenvalue weighted by molar-refractivity contribution is 6.45. The van der Waals surface area contributed by atoms with Crippen LogP contribution >= 0.6 is 34.8 Å². The molecule has 0 aliphatic rings. The van der Waals surface area contributed by atoms with Gasteiger partial charge in [-0.3, -0.25) is 0 Å². The maximum atomic E-state index is 9.71. The van der Waals surface area contributed by atoms with E-state index in [1.54, 1.807) is 6.92 Å². The van der Waals surface area contributed by atoms with Gasteiger partial charge in [-0.15, -0.1) is 34.8 Å². The molecule has 0 amide bonds. The predicted octanol–water partition coefficient (Wildman–Crippen LogP) is 3.73. The van der Waals surface area contributed by atoms with Crippen molar-refractivity contribution in [2.45, 2.75) is 55.3 Å². The van der Waals surface area contributed by atoms with E-state index in [9.17, 15) is 5.11 Å². The van der Waals surface area contributed by atoms with Gasteiger partial charge in [-0.05, 0) is 19.8 Å². The minimum absolute atomic E-state index is 0.0463. The van der Waals surface area contributed by atoms with Gasteiger partial charge in [0, 0.05) is 5.38 Å². The number of halogens is 3. The van der Waals surface area contributed by atoms with Gasteiger partial charge in [-0.25, -0.2) is 0 Å². The van der Waals surface area contributed by atoms with Gasteiger partial charge in [0.2, 0.25) is 0 Å². The lowest BCUT2D eigenvalue weighted by atomic mass is 9.99. The van der Waals surface area contributed by atoms with E-state index in [0.29, 0.717) is 6.42 Å². The molecule has 0 aromatic carbocycles. The molecule has 1 N–H and O–H groups in total. The third kappa shape index (κ3) is 6.01. The highest BCUT2D eigenvalue weighted by atomic mass is 35.5. The van der Waals surface area contributed by atoms with E-state index in [4.69, 9.17) is 34.8 Å². The molecule has 13 heavy (non-hydrogen) atoms. The molecular formula is C9H17Cl3O. The largest absolute Gasteiger partial charge is 0.387 e. The summed E-state index contributed by atoms with van der Waals surface area (Å²) in [5.41, 5.74) is -1.08. The fraction of sp³-hybridized carbons (Fsp3) is 1.00. The van der Waals surface area contributed by atoms with Crippen molar-refractivity contribution in [1.29, 1.82) is 0 Å². The van der Waals surface area contributed by atoms with Crippen LogP contribution in [0.25, 0.3) is 0 Å². The van der Waals surface area contributed by atoms with Crippen LogP contribution in [0.15, 0.2) is 0 Å². The first-order chi connectivity index (χ1) is 5.90. The Morgan fingerprint density at radius 2 is 1.85 bits per heavy atom. The summed E-state index contributed by atoms with van der Waals surface area (Å²) in [4.78, 5) is -0.782. The van der Waals surface area contributed by atoms with Crippen molar-refractivity contribution in [3.63, 3.8) is 0 Å². The van der Waals surface area contributed by atoms with Crippen LogP contribution in [0.1, 0.15) is 39.5 Å². The lowest BCUT2D eigenvalue weighted by molar-refractivity contribution is 0.0631. The second-order valence-corrected chi connectivity index (χ2v) is 5.31. The van der Waals surface area contributed by atoms with Crippen molar-refractivity contribution in [2.24, 2.45) is 0 Å².